The lowest BCUT2D eigenvalue weighted by Crippen LogP contribution is -2.24. The van der Waals surface area contributed by atoms with Gasteiger partial charge in [0.05, 0.1) is 12.7 Å². The molecule has 0 spiro atoms. The third-order valence-electron chi connectivity index (χ3n) is 3.82. The summed E-state index contributed by atoms with van der Waals surface area (Å²) in [5.74, 6) is -0.342. The molecule has 0 bridgehead atoms. The number of carbonyl (C=O) groups excluding carboxylic acids is 2. The summed E-state index contributed by atoms with van der Waals surface area (Å²) in [5, 5.41) is 6.48. The fourth-order valence-electron chi connectivity index (χ4n) is 2.41. The summed E-state index contributed by atoms with van der Waals surface area (Å²) in [5.41, 5.74) is 2.18. The molecule has 0 saturated carbocycles. The van der Waals surface area contributed by atoms with Crippen LogP contribution in [-0.2, 0) is 11.3 Å². The molecule has 0 radical (unpaired) electrons. The number of hydrogen-bond acceptors (Lipinski definition) is 6. The second-order valence-electron chi connectivity index (χ2n) is 5.80. The molecule has 2 N–H and O–H groups in total. The van der Waals surface area contributed by atoms with E-state index < -0.39 is 5.97 Å². The van der Waals surface area contributed by atoms with Crippen LogP contribution in [0.2, 0.25) is 5.02 Å². The molecule has 3 rings (SSSR count). The SMILES string of the molecule is COC(=O)c1cccc(Nc2cc(C(=O)NCc3ccc(Cl)cc3)ncn2)c1. The molecule has 1 aromatic heterocycles. The average Bonchev–Trinajstić information content (AvgIpc) is 2.73. The van der Waals surface area contributed by atoms with Gasteiger partial charge in [-0.3, -0.25) is 4.79 Å². The Labute approximate surface area is 166 Å². The molecule has 0 fully saturated rings. The van der Waals surface area contributed by atoms with Crippen molar-refractivity contribution < 1.29 is 14.3 Å². The fraction of sp³-hybridized carbons (Fsp3) is 0.100. The smallest absolute Gasteiger partial charge is 0.337 e. The van der Waals surface area contributed by atoms with Gasteiger partial charge < -0.3 is 15.4 Å². The number of aromatic nitrogens is 2. The molecule has 8 heteroatoms. The van der Waals surface area contributed by atoms with E-state index in [9.17, 15) is 9.59 Å². The van der Waals surface area contributed by atoms with Crippen molar-refractivity contribution in [1.29, 1.82) is 0 Å². The maximum Gasteiger partial charge on any atom is 0.337 e. The summed E-state index contributed by atoms with van der Waals surface area (Å²) < 4.78 is 4.71. The van der Waals surface area contributed by atoms with Gasteiger partial charge in [-0.1, -0.05) is 29.8 Å². The maximum absolute atomic E-state index is 12.4. The van der Waals surface area contributed by atoms with Crippen molar-refractivity contribution in [1.82, 2.24) is 15.3 Å². The van der Waals surface area contributed by atoms with Gasteiger partial charge in [0.25, 0.3) is 5.91 Å². The number of amides is 1. The van der Waals surface area contributed by atoms with Crippen molar-refractivity contribution in [2.75, 3.05) is 12.4 Å². The minimum Gasteiger partial charge on any atom is -0.465 e. The monoisotopic (exact) mass is 396 g/mol. The van der Waals surface area contributed by atoms with Crippen LogP contribution in [0.1, 0.15) is 26.4 Å². The highest BCUT2D eigenvalue weighted by Gasteiger charge is 2.10. The van der Waals surface area contributed by atoms with Gasteiger partial charge in [-0.05, 0) is 35.9 Å². The fourth-order valence-corrected chi connectivity index (χ4v) is 2.54. The first-order valence-corrected chi connectivity index (χ1v) is 8.73. The first kappa shape index (κ1) is 19.3. The lowest BCUT2D eigenvalue weighted by molar-refractivity contribution is 0.0600. The molecule has 7 nitrogen and oxygen atoms in total. The molecule has 0 aliphatic carbocycles. The molecule has 0 saturated heterocycles. The number of hydrogen-bond donors (Lipinski definition) is 2. The minimum absolute atomic E-state index is 0.218. The van der Waals surface area contributed by atoms with Gasteiger partial charge in [-0.15, -0.1) is 0 Å². The lowest BCUT2D eigenvalue weighted by Gasteiger charge is -2.09. The number of ether oxygens (including phenoxy) is 1. The highest BCUT2D eigenvalue weighted by molar-refractivity contribution is 6.30. The summed E-state index contributed by atoms with van der Waals surface area (Å²) in [4.78, 5) is 32.1. The molecule has 1 heterocycles. The predicted molar refractivity (Wildman–Crippen MR) is 106 cm³/mol. The molecule has 0 aliphatic rings. The molecule has 0 atom stereocenters. The molecule has 142 valence electrons. The van der Waals surface area contributed by atoms with Crippen LogP contribution in [0.4, 0.5) is 11.5 Å². The number of benzene rings is 2. The average molecular weight is 397 g/mol. The standard InChI is InChI=1S/C20H17ClN4O3/c1-28-20(27)14-3-2-4-16(9-14)25-18-10-17(23-12-24-18)19(26)22-11-13-5-7-15(21)8-6-13/h2-10,12H,11H2,1H3,(H,22,26)(H,23,24,25). The Morgan fingerprint density at radius 2 is 1.86 bits per heavy atom. The second-order valence-corrected chi connectivity index (χ2v) is 6.23. The van der Waals surface area contributed by atoms with E-state index in [2.05, 4.69) is 20.6 Å². The van der Waals surface area contributed by atoms with Gasteiger partial charge in [0.1, 0.15) is 17.8 Å². The van der Waals surface area contributed by atoms with E-state index in [1.807, 2.05) is 12.1 Å². The van der Waals surface area contributed by atoms with E-state index in [-0.39, 0.29) is 11.6 Å². The Hall–Kier alpha value is -3.45. The molecule has 1 amide bonds. The van der Waals surface area contributed by atoms with E-state index in [1.165, 1.54) is 19.5 Å². The van der Waals surface area contributed by atoms with Gasteiger partial charge in [-0.2, -0.15) is 0 Å². The van der Waals surface area contributed by atoms with E-state index in [1.54, 1.807) is 36.4 Å². The van der Waals surface area contributed by atoms with Crippen LogP contribution in [0.5, 0.6) is 0 Å². The zero-order valence-electron chi connectivity index (χ0n) is 15.0. The summed E-state index contributed by atoms with van der Waals surface area (Å²) in [6.45, 7) is 0.351. The number of rotatable bonds is 6. The van der Waals surface area contributed by atoms with Crippen molar-refractivity contribution in [3.05, 3.63) is 82.8 Å². The Morgan fingerprint density at radius 3 is 2.61 bits per heavy atom. The third-order valence-corrected chi connectivity index (χ3v) is 4.07. The van der Waals surface area contributed by atoms with Gasteiger partial charge in [0, 0.05) is 23.3 Å². The Bertz CT molecular complexity index is 993. The lowest BCUT2D eigenvalue weighted by atomic mass is 10.2. The number of esters is 1. The van der Waals surface area contributed by atoms with Crippen LogP contribution in [0.3, 0.4) is 0 Å². The second kappa shape index (κ2) is 8.96. The number of nitrogens with zero attached hydrogens (tertiary/aromatic N) is 2. The minimum atomic E-state index is -0.436. The third kappa shape index (κ3) is 5.05. The van der Waals surface area contributed by atoms with Crippen LogP contribution >= 0.6 is 11.6 Å². The zero-order chi connectivity index (χ0) is 19.9. The van der Waals surface area contributed by atoms with Crippen LogP contribution < -0.4 is 10.6 Å². The topological polar surface area (TPSA) is 93.2 Å². The first-order valence-electron chi connectivity index (χ1n) is 8.35. The van der Waals surface area contributed by atoms with Crippen molar-refractivity contribution in [3.8, 4) is 0 Å². The van der Waals surface area contributed by atoms with Gasteiger partial charge in [0.2, 0.25) is 0 Å². The highest BCUT2D eigenvalue weighted by atomic mass is 35.5. The summed E-state index contributed by atoms with van der Waals surface area (Å²) in [7, 11) is 1.32. The summed E-state index contributed by atoms with van der Waals surface area (Å²) >= 11 is 5.85. The van der Waals surface area contributed by atoms with Crippen molar-refractivity contribution in [3.63, 3.8) is 0 Å². The zero-order valence-corrected chi connectivity index (χ0v) is 15.7. The van der Waals surface area contributed by atoms with E-state index in [0.717, 1.165) is 5.56 Å². The van der Waals surface area contributed by atoms with Crippen molar-refractivity contribution in [2.45, 2.75) is 6.54 Å². The number of methoxy groups -OCH3 is 1. The van der Waals surface area contributed by atoms with Gasteiger partial charge in [0.15, 0.2) is 0 Å². The molecule has 0 aliphatic heterocycles. The molecule has 2 aromatic carbocycles. The highest BCUT2D eigenvalue weighted by Crippen LogP contribution is 2.17. The molecule has 0 unspecified atom stereocenters. The van der Waals surface area contributed by atoms with Gasteiger partial charge in [-0.25, -0.2) is 14.8 Å². The van der Waals surface area contributed by atoms with Crippen LogP contribution in [0.15, 0.2) is 60.9 Å². The number of nitrogens with one attached hydrogen (secondary N) is 2. The van der Waals surface area contributed by atoms with E-state index in [0.29, 0.717) is 28.6 Å². The number of anilines is 2. The van der Waals surface area contributed by atoms with Gasteiger partial charge >= 0.3 is 5.97 Å². The number of carbonyl (C=O) groups is 2. The van der Waals surface area contributed by atoms with Crippen LogP contribution in [0, 0.1) is 0 Å². The normalized spacial score (nSPS) is 10.2. The van der Waals surface area contributed by atoms with Crippen molar-refractivity contribution >= 4 is 35.0 Å². The Kier molecular flexibility index (Phi) is 6.18. The molecule has 3 aromatic rings. The molecular formula is C20H17ClN4O3. The molecular weight excluding hydrogens is 380 g/mol. The summed E-state index contributed by atoms with van der Waals surface area (Å²) in [6.07, 6.45) is 1.30. The van der Waals surface area contributed by atoms with Crippen LogP contribution in [0.25, 0.3) is 0 Å². The maximum atomic E-state index is 12.4. The van der Waals surface area contributed by atoms with Crippen molar-refractivity contribution in [2.24, 2.45) is 0 Å². The Balaban J connectivity index is 1.67. The first-order chi connectivity index (χ1) is 13.5. The largest absolute Gasteiger partial charge is 0.465 e. The number of halogens is 1. The van der Waals surface area contributed by atoms with E-state index in [4.69, 9.17) is 16.3 Å². The predicted octanol–water partition coefficient (Wildman–Crippen LogP) is 3.59. The van der Waals surface area contributed by atoms with E-state index >= 15 is 0 Å². The quantitative estimate of drug-likeness (QED) is 0.618. The Morgan fingerprint density at radius 1 is 1.07 bits per heavy atom. The molecule has 28 heavy (non-hydrogen) atoms. The summed E-state index contributed by atoms with van der Waals surface area (Å²) in [6, 6.07) is 15.5. The van der Waals surface area contributed by atoms with Crippen LogP contribution in [-0.4, -0.2) is 29.0 Å².